The molecular formula is C22H39N3O5. The first-order valence-corrected chi connectivity index (χ1v) is 11.0. The molecule has 0 bridgehead atoms. The van der Waals surface area contributed by atoms with E-state index in [1.807, 2.05) is 27.7 Å². The number of nitrogens with zero attached hydrogens (tertiary/aromatic N) is 1. The number of piperidine rings is 1. The smallest absolute Gasteiger partial charge is 0.246 e. The number of amides is 2. The maximum atomic E-state index is 12.8. The Kier molecular flexibility index (Phi) is 8.97. The van der Waals surface area contributed by atoms with Crippen LogP contribution in [-0.2, 0) is 23.8 Å². The molecular weight excluding hydrogens is 386 g/mol. The van der Waals surface area contributed by atoms with E-state index in [2.05, 4.69) is 10.2 Å². The normalized spacial score (nSPS) is 22.0. The van der Waals surface area contributed by atoms with Gasteiger partial charge in [0, 0.05) is 37.9 Å². The Balaban J connectivity index is 1.81. The Bertz CT molecular complexity index is 606. The largest absolute Gasteiger partial charge is 0.381 e. The van der Waals surface area contributed by atoms with E-state index in [9.17, 15) is 9.59 Å². The SMILES string of the molecule is COC1CCN(C(C)(C)C(=O)NC(=O)CC(=N)C(C)(C)COC2CCCCO2)CC1. The van der Waals surface area contributed by atoms with Crippen molar-refractivity contribution in [3.8, 4) is 0 Å². The molecule has 2 amide bonds. The fraction of sp³-hybridized carbons (Fsp3) is 0.864. The standard InChI is InChI=1S/C22H39N3O5/c1-21(2,15-30-19-8-6-7-13-29-19)17(23)14-18(26)24-20(27)22(3,4)25-11-9-16(28-5)10-12-25/h16,19,23H,6-15H2,1-5H3,(H,24,26,27). The van der Waals surface area contributed by atoms with Crippen LogP contribution in [0.4, 0.5) is 0 Å². The molecule has 2 aliphatic rings. The van der Waals surface area contributed by atoms with Gasteiger partial charge >= 0.3 is 0 Å². The lowest BCUT2D eigenvalue weighted by Gasteiger charge is -2.41. The number of methoxy groups -OCH3 is 1. The molecule has 8 nitrogen and oxygen atoms in total. The Morgan fingerprint density at radius 1 is 1.13 bits per heavy atom. The van der Waals surface area contributed by atoms with Crippen LogP contribution in [0, 0.1) is 10.8 Å². The van der Waals surface area contributed by atoms with Gasteiger partial charge in [-0.1, -0.05) is 13.8 Å². The van der Waals surface area contributed by atoms with Crippen molar-refractivity contribution in [3.63, 3.8) is 0 Å². The molecule has 2 N–H and O–H groups in total. The van der Waals surface area contributed by atoms with E-state index >= 15 is 0 Å². The lowest BCUT2D eigenvalue weighted by Crippen LogP contribution is -2.58. The second kappa shape index (κ2) is 10.8. The highest BCUT2D eigenvalue weighted by molar-refractivity contribution is 6.08. The van der Waals surface area contributed by atoms with Crippen molar-refractivity contribution in [1.29, 1.82) is 5.41 Å². The van der Waals surface area contributed by atoms with Crippen molar-refractivity contribution >= 4 is 17.5 Å². The number of ether oxygens (including phenoxy) is 3. The van der Waals surface area contributed by atoms with Crippen molar-refractivity contribution in [2.45, 2.75) is 84.2 Å². The number of likely N-dealkylation sites (tertiary alicyclic amines) is 1. The van der Waals surface area contributed by atoms with Crippen LogP contribution in [0.2, 0.25) is 0 Å². The zero-order chi connectivity index (χ0) is 22.4. The van der Waals surface area contributed by atoms with Crippen molar-refractivity contribution in [2.24, 2.45) is 5.41 Å². The predicted molar refractivity (Wildman–Crippen MR) is 115 cm³/mol. The quantitative estimate of drug-likeness (QED) is 0.551. The molecule has 0 saturated carbocycles. The molecule has 172 valence electrons. The molecule has 2 heterocycles. The van der Waals surface area contributed by atoms with E-state index in [1.54, 1.807) is 7.11 Å². The fourth-order valence-electron chi connectivity index (χ4n) is 3.75. The maximum absolute atomic E-state index is 12.8. The number of carbonyl (C=O) groups excluding carboxylic acids is 2. The third-order valence-electron chi connectivity index (χ3n) is 6.30. The second-order valence-corrected chi connectivity index (χ2v) is 9.50. The monoisotopic (exact) mass is 425 g/mol. The van der Waals surface area contributed by atoms with Gasteiger partial charge in [0.25, 0.3) is 0 Å². The second-order valence-electron chi connectivity index (χ2n) is 9.50. The predicted octanol–water partition coefficient (Wildman–Crippen LogP) is 2.50. The first-order valence-electron chi connectivity index (χ1n) is 11.0. The van der Waals surface area contributed by atoms with Gasteiger partial charge in [-0.05, 0) is 46.0 Å². The first-order chi connectivity index (χ1) is 14.1. The summed E-state index contributed by atoms with van der Waals surface area (Å²) in [5.74, 6) is -0.785. The molecule has 0 aliphatic carbocycles. The molecule has 0 aromatic carbocycles. The van der Waals surface area contributed by atoms with E-state index in [0.29, 0.717) is 13.2 Å². The van der Waals surface area contributed by atoms with Crippen LogP contribution in [-0.4, -0.2) is 73.8 Å². The van der Waals surface area contributed by atoms with Gasteiger partial charge in [0.05, 0.1) is 24.7 Å². The zero-order valence-electron chi connectivity index (χ0n) is 19.2. The van der Waals surface area contributed by atoms with Crippen molar-refractivity contribution in [1.82, 2.24) is 10.2 Å². The molecule has 0 spiro atoms. The van der Waals surface area contributed by atoms with Crippen LogP contribution >= 0.6 is 0 Å². The van der Waals surface area contributed by atoms with E-state index in [0.717, 1.165) is 45.2 Å². The van der Waals surface area contributed by atoms with Gasteiger partial charge in [0.1, 0.15) is 0 Å². The molecule has 1 unspecified atom stereocenters. The van der Waals surface area contributed by atoms with Gasteiger partial charge in [-0.25, -0.2) is 0 Å². The minimum absolute atomic E-state index is 0.130. The van der Waals surface area contributed by atoms with Crippen LogP contribution in [0.5, 0.6) is 0 Å². The number of nitrogens with one attached hydrogen (secondary N) is 2. The van der Waals surface area contributed by atoms with Gasteiger partial charge in [0.15, 0.2) is 6.29 Å². The number of carbonyl (C=O) groups is 2. The molecule has 2 saturated heterocycles. The highest BCUT2D eigenvalue weighted by Gasteiger charge is 2.38. The molecule has 30 heavy (non-hydrogen) atoms. The summed E-state index contributed by atoms with van der Waals surface area (Å²) in [6.45, 7) is 9.90. The Morgan fingerprint density at radius 2 is 1.80 bits per heavy atom. The van der Waals surface area contributed by atoms with E-state index in [-0.39, 0.29) is 30.4 Å². The summed E-state index contributed by atoms with van der Waals surface area (Å²) < 4.78 is 16.8. The summed E-state index contributed by atoms with van der Waals surface area (Å²) in [6.07, 6.45) is 4.58. The van der Waals surface area contributed by atoms with Crippen molar-refractivity contribution in [3.05, 3.63) is 0 Å². The first kappa shape index (κ1) is 24.9. The molecule has 0 aromatic heterocycles. The Morgan fingerprint density at radius 3 is 2.37 bits per heavy atom. The van der Waals surface area contributed by atoms with Gasteiger partial charge in [-0.15, -0.1) is 0 Å². The third-order valence-corrected chi connectivity index (χ3v) is 6.30. The molecule has 0 radical (unpaired) electrons. The summed E-state index contributed by atoms with van der Waals surface area (Å²) in [6, 6.07) is 0. The summed E-state index contributed by atoms with van der Waals surface area (Å²) in [5, 5.41) is 10.9. The lowest BCUT2D eigenvalue weighted by atomic mass is 9.86. The summed E-state index contributed by atoms with van der Waals surface area (Å²) >= 11 is 0. The van der Waals surface area contributed by atoms with E-state index in [4.69, 9.17) is 19.6 Å². The highest BCUT2D eigenvalue weighted by atomic mass is 16.7. The maximum Gasteiger partial charge on any atom is 0.246 e. The minimum atomic E-state index is -0.798. The van der Waals surface area contributed by atoms with Crippen LogP contribution in [0.3, 0.4) is 0 Å². The van der Waals surface area contributed by atoms with E-state index < -0.39 is 16.9 Å². The average Bonchev–Trinajstić information content (AvgIpc) is 2.73. The van der Waals surface area contributed by atoms with Crippen molar-refractivity contribution < 1.29 is 23.8 Å². The van der Waals surface area contributed by atoms with Crippen molar-refractivity contribution in [2.75, 3.05) is 33.4 Å². The van der Waals surface area contributed by atoms with Crippen LogP contribution < -0.4 is 5.32 Å². The zero-order valence-corrected chi connectivity index (χ0v) is 19.2. The van der Waals surface area contributed by atoms with Gasteiger partial charge in [-0.2, -0.15) is 0 Å². The number of rotatable bonds is 9. The lowest BCUT2D eigenvalue weighted by molar-refractivity contribution is -0.171. The Labute approximate surface area is 180 Å². The molecule has 1 atom stereocenters. The Hall–Kier alpha value is -1.35. The van der Waals surface area contributed by atoms with Gasteiger partial charge < -0.3 is 19.6 Å². The summed E-state index contributed by atoms with van der Waals surface area (Å²) in [7, 11) is 1.71. The summed E-state index contributed by atoms with van der Waals surface area (Å²) in [5.41, 5.74) is -1.17. The van der Waals surface area contributed by atoms with E-state index in [1.165, 1.54) is 0 Å². The third kappa shape index (κ3) is 6.83. The van der Waals surface area contributed by atoms with Crippen LogP contribution in [0.1, 0.15) is 66.2 Å². The average molecular weight is 426 g/mol. The molecule has 0 aromatic rings. The van der Waals surface area contributed by atoms with Crippen LogP contribution in [0.15, 0.2) is 0 Å². The van der Waals surface area contributed by atoms with Gasteiger partial charge in [-0.3, -0.25) is 19.8 Å². The fourth-order valence-corrected chi connectivity index (χ4v) is 3.75. The molecule has 2 fully saturated rings. The van der Waals surface area contributed by atoms with Crippen LogP contribution in [0.25, 0.3) is 0 Å². The number of imide groups is 1. The van der Waals surface area contributed by atoms with Gasteiger partial charge in [0.2, 0.25) is 11.8 Å². The minimum Gasteiger partial charge on any atom is -0.381 e. The number of hydrogen-bond donors (Lipinski definition) is 2. The molecule has 2 rings (SSSR count). The number of hydrogen-bond acceptors (Lipinski definition) is 7. The topological polar surface area (TPSA) is 101 Å². The molecule has 2 aliphatic heterocycles. The highest BCUT2D eigenvalue weighted by Crippen LogP contribution is 2.24. The molecule has 8 heteroatoms. The summed E-state index contributed by atoms with van der Waals surface area (Å²) in [4.78, 5) is 27.3.